The summed E-state index contributed by atoms with van der Waals surface area (Å²) in [5.41, 5.74) is 3.39. The van der Waals surface area contributed by atoms with Crippen LogP contribution in [0, 0.1) is 13.8 Å². The number of ether oxygens (including phenoxy) is 1. The molecule has 5 rings (SSSR count). The van der Waals surface area contributed by atoms with Crippen LogP contribution in [-0.2, 0) is 4.79 Å². The fourth-order valence-corrected chi connectivity index (χ4v) is 5.85. The monoisotopic (exact) mass is 488 g/mol. The Hall–Kier alpha value is -2.80. The van der Waals surface area contributed by atoms with Crippen LogP contribution in [0.5, 0.6) is 5.75 Å². The second-order valence-corrected chi connectivity index (χ2v) is 10.7. The average molecular weight is 489 g/mol. The number of hydrogen-bond donors (Lipinski definition) is 1. The van der Waals surface area contributed by atoms with Crippen molar-refractivity contribution in [2.45, 2.75) is 48.5 Å². The van der Waals surface area contributed by atoms with Gasteiger partial charge in [-0.1, -0.05) is 42.1 Å². The molecule has 5 nitrogen and oxygen atoms in total. The third-order valence-corrected chi connectivity index (χ3v) is 8.17. The van der Waals surface area contributed by atoms with Crippen LogP contribution in [0.3, 0.4) is 0 Å². The van der Waals surface area contributed by atoms with Gasteiger partial charge >= 0.3 is 0 Å². The van der Waals surface area contributed by atoms with Crippen molar-refractivity contribution in [3.8, 4) is 5.75 Å². The summed E-state index contributed by atoms with van der Waals surface area (Å²) >= 11 is 1.70. The zero-order valence-electron chi connectivity index (χ0n) is 20.4. The maximum Gasteiger partial charge on any atom is 0.245 e. The van der Waals surface area contributed by atoms with Crippen LogP contribution in [0.15, 0.2) is 76.5 Å². The lowest BCUT2D eigenvalue weighted by Crippen LogP contribution is -2.41. The van der Waals surface area contributed by atoms with E-state index in [2.05, 4.69) is 30.9 Å². The molecule has 1 unspecified atom stereocenters. The Morgan fingerprint density at radius 3 is 2.31 bits per heavy atom. The standard InChI is InChI=1S/C29H32N2O3S/c1-21-12-13-23(18-22(21)2)34-20-29(33)14-7-16-30(17-15-29)19-28(32)31-24-8-3-5-10-26(24)35-27-11-6-4-9-25(27)31/h3-6,8-13,18,33H,7,14-17,19-20H2,1-2H3. The van der Waals surface area contributed by atoms with Crippen LogP contribution in [0.2, 0.25) is 0 Å². The summed E-state index contributed by atoms with van der Waals surface area (Å²) < 4.78 is 5.98. The van der Waals surface area contributed by atoms with Gasteiger partial charge in [0.05, 0.1) is 23.5 Å². The third-order valence-electron chi connectivity index (χ3n) is 7.04. The molecule has 0 aliphatic carbocycles. The molecule has 0 radical (unpaired) electrons. The summed E-state index contributed by atoms with van der Waals surface area (Å²) in [5, 5.41) is 11.2. The van der Waals surface area contributed by atoms with Crippen LogP contribution >= 0.6 is 11.8 Å². The Bertz CT molecular complexity index is 1180. The molecule has 3 aromatic rings. The molecule has 35 heavy (non-hydrogen) atoms. The molecule has 2 heterocycles. The molecular weight excluding hydrogens is 456 g/mol. The molecule has 1 N–H and O–H groups in total. The van der Waals surface area contributed by atoms with E-state index in [0.29, 0.717) is 25.9 Å². The number of benzene rings is 3. The molecule has 0 saturated carbocycles. The van der Waals surface area contributed by atoms with E-state index >= 15 is 0 Å². The van der Waals surface area contributed by atoms with Crippen molar-refractivity contribution >= 4 is 29.0 Å². The number of para-hydroxylation sites is 2. The maximum absolute atomic E-state index is 13.6. The molecule has 1 fully saturated rings. The first-order chi connectivity index (χ1) is 16.9. The number of anilines is 2. The van der Waals surface area contributed by atoms with Crippen LogP contribution in [0.4, 0.5) is 11.4 Å². The van der Waals surface area contributed by atoms with E-state index < -0.39 is 5.60 Å². The topological polar surface area (TPSA) is 53.0 Å². The predicted molar refractivity (Wildman–Crippen MR) is 141 cm³/mol. The molecule has 1 atom stereocenters. The molecule has 6 heteroatoms. The number of carbonyl (C=O) groups is 1. The second-order valence-electron chi connectivity index (χ2n) is 9.66. The van der Waals surface area contributed by atoms with Gasteiger partial charge < -0.3 is 9.84 Å². The number of hydrogen-bond acceptors (Lipinski definition) is 5. The number of nitrogens with zero attached hydrogens (tertiary/aromatic N) is 2. The summed E-state index contributed by atoms with van der Waals surface area (Å²) in [6.07, 6.45) is 2.06. The number of fused-ring (bicyclic) bond motifs is 2. The lowest BCUT2D eigenvalue weighted by molar-refractivity contribution is -0.119. The molecule has 0 aromatic heterocycles. The van der Waals surface area contributed by atoms with Crippen LogP contribution in [-0.4, -0.2) is 47.8 Å². The van der Waals surface area contributed by atoms with E-state index in [9.17, 15) is 9.90 Å². The van der Waals surface area contributed by atoms with E-state index in [-0.39, 0.29) is 12.5 Å². The van der Waals surface area contributed by atoms with Gasteiger partial charge in [-0.05, 0) is 87.2 Å². The number of amides is 1. The number of aliphatic hydroxyl groups is 1. The highest BCUT2D eigenvalue weighted by molar-refractivity contribution is 7.99. The van der Waals surface area contributed by atoms with E-state index in [1.165, 1.54) is 11.1 Å². The van der Waals surface area contributed by atoms with Crippen LogP contribution in [0.25, 0.3) is 0 Å². The smallest absolute Gasteiger partial charge is 0.245 e. The first-order valence-electron chi connectivity index (χ1n) is 12.3. The first kappa shape index (κ1) is 23.9. The van der Waals surface area contributed by atoms with Gasteiger partial charge in [0.15, 0.2) is 0 Å². The van der Waals surface area contributed by atoms with Crippen molar-refractivity contribution in [2.24, 2.45) is 0 Å². The van der Waals surface area contributed by atoms with E-state index in [0.717, 1.165) is 39.9 Å². The van der Waals surface area contributed by atoms with Gasteiger partial charge in [-0.3, -0.25) is 14.6 Å². The molecular formula is C29H32N2O3S. The van der Waals surface area contributed by atoms with Gasteiger partial charge in [0.25, 0.3) is 0 Å². The van der Waals surface area contributed by atoms with Gasteiger partial charge in [0, 0.05) is 16.3 Å². The minimum absolute atomic E-state index is 0.0574. The predicted octanol–water partition coefficient (Wildman–Crippen LogP) is 5.73. The Morgan fingerprint density at radius 2 is 1.63 bits per heavy atom. The fourth-order valence-electron chi connectivity index (χ4n) is 4.79. The van der Waals surface area contributed by atoms with Crippen LogP contribution < -0.4 is 9.64 Å². The molecule has 0 bridgehead atoms. The summed E-state index contributed by atoms with van der Waals surface area (Å²) in [4.78, 5) is 19.8. The Balaban J connectivity index is 1.25. The lowest BCUT2D eigenvalue weighted by Gasteiger charge is -2.33. The van der Waals surface area contributed by atoms with E-state index in [4.69, 9.17) is 4.74 Å². The minimum atomic E-state index is -0.891. The quantitative estimate of drug-likeness (QED) is 0.497. The summed E-state index contributed by atoms with van der Waals surface area (Å²) in [5.74, 6) is 0.847. The molecule has 0 spiro atoms. The van der Waals surface area contributed by atoms with Crippen LogP contribution in [0.1, 0.15) is 30.4 Å². The van der Waals surface area contributed by atoms with E-state index in [1.54, 1.807) is 11.8 Å². The van der Waals surface area contributed by atoms with Crippen molar-refractivity contribution in [1.29, 1.82) is 0 Å². The second kappa shape index (κ2) is 10.1. The van der Waals surface area contributed by atoms with Crippen molar-refractivity contribution in [2.75, 3.05) is 31.1 Å². The summed E-state index contributed by atoms with van der Waals surface area (Å²) in [6.45, 7) is 6.17. The number of aryl methyl sites for hydroxylation is 2. The Morgan fingerprint density at radius 1 is 0.943 bits per heavy atom. The van der Waals surface area contributed by atoms with Crippen molar-refractivity contribution in [3.63, 3.8) is 0 Å². The van der Waals surface area contributed by atoms with E-state index in [1.807, 2.05) is 59.5 Å². The molecule has 2 aliphatic heterocycles. The highest BCUT2D eigenvalue weighted by atomic mass is 32.2. The third kappa shape index (κ3) is 5.25. The number of rotatable bonds is 5. The minimum Gasteiger partial charge on any atom is -0.491 e. The summed E-state index contributed by atoms with van der Waals surface area (Å²) in [7, 11) is 0. The molecule has 1 amide bonds. The lowest BCUT2D eigenvalue weighted by atomic mass is 9.96. The molecule has 1 saturated heterocycles. The van der Waals surface area contributed by atoms with Gasteiger partial charge in [-0.15, -0.1) is 0 Å². The SMILES string of the molecule is Cc1ccc(OCC2(O)CCCN(CC(=O)N3c4ccccc4Sc4ccccc43)CC2)cc1C. The average Bonchev–Trinajstić information content (AvgIpc) is 3.04. The normalized spacial score (nSPS) is 20.0. The van der Waals surface area contributed by atoms with Crippen molar-refractivity contribution in [1.82, 2.24) is 4.90 Å². The zero-order chi connectivity index (χ0) is 24.4. The highest BCUT2D eigenvalue weighted by Crippen LogP contribution is 2.47. The zero-order valence-corrected chi connectivity index (χ0v) is 21.2. The van der Waals surface area contributed by atoms with Gasteiger partial charge in [0.2, 0.25) is 5.91 Å². The van der Waals surface area contributed by atoms with Gasteiger partial charge in [-0.2, -0.15) is 0 Å². The Labute approximate surface area is 211 Å². The molecule has 3 aromatic carbocycles. The van der Waals surface area contributed by atoms with Gasteiger partial charge in [-0.25, -0.2) is 0 Å². The van der Waals surface area contributed by atoms with Crippen molar-refractivity contribution in [3.05, 3.63) is 77.9 Å². The van der Waals surface area contributed by atoms with Crippen molar-refractivity contribution < 1.29 is 14.6 Å². The molecule has 2 aliphatic rings. The Kier molecular flexibility index (Phi) is 6.87. The fraction of sp³-hybridized carbons (Fsp3) is 0.345. The van der Waals surface area contributed by atoms with Gasteiger partial charge in [0.1, 0.15) is 12.4 Å². The highest BCUT2D eigenvalue weighted by Gasteiger charge is 2.33. The summed E-state index contributed by atoms with van der Waals surface area (Å²) in [6, 6.07) is 22.2. The number of likely N-dealkylation sites (tertiary alicyclic amines) is 1. The first-order valence-corrected chi connectivity index (χ1v) is 13.1. The molecule has 182 valence electrons. The maximum atomic E-state index is 13.6. The number of carbonyl (C=O) groups excluding carboxylic acids is 1. The largest absolute Gasteiger partial charge is 0.491 e.